The lowest BCUT2D eigenvalue weighted by Crippen LogP contribution is -2.35. The number of carbonyl (C=O) groups is 2. The van der Waals surface area contributed by atoms with E-state index in [1.54, 1.807) is 6.92 Å². The Hall–Kier alpha value is -2.64. The van der Waals surface area contributed by atoms with E-state index in [0.717, 1.165) is 0 Å². The second-order valence-electron chi connectivity index (χ2n) is 4.05. The van der Waals surface area contributed by atoms with Gasteiger partial charge in [0.05, 0.1) is 4.92 Å². The van der Waals surface area contributed by atoms with E-state index in [0.29, 0.717) is 0 Å². The molecule has 0 aliphatic heterocycles. The van der Waals surface area contributed by atoms with E-state index < -0.39 is 11.0 Å². The van der Waals surface area contributed by atoms with Gasteiger partial charge in [-0.2, -0.15) is 0 Å². The van der Waals surface area contributed by atoms with Crippen molar-refractivity contribution in [3.8, 4) is 0 Å². The van der Waals surface area contributed by atoms with Crippen LogP contribution in [0.2, 0.25) is 0 Å². The SMILES string of the molecule is CNC(=O)c1ccc([N+](=O)[O-])c(NC(C)C(=O)NC)c1. The van der Waals surface area contributed by atoms with E-state index in [1.807, 2.05) is 0 Å². The minimum absolute atomic E-state index is 0.118. The van der Waals surface area contributed by atoms with Crippen LogP contribution < -0.4 is 16.0 Å². The minimum Gasteiger partial charge on any atom is -0.368 e. The van der Waals surface area contributed by atoms with Crippen molar-refractivity contribution in [3.63, 3.8) is 0 Å². The quantitative estimate of drug-likeness (QED) is 0.537. The summed E-state index contributed by atoms with van der Waals surface area (Å²) in [6.45, 7) is 1.56. The molecule has 1 unspecified atom stereocenters. The van der Waals surface area contributed by atoms with E-state index in [9.17, 15) is 19.7 Å². The highest BCUT2D eigenvalue weighted by Crippen LogP contribution is 2.26. The Morgan fingerprint density at radius 1 is 1.25 bits per heavy atom. The summed E-state index contributed by atoms with van der Waals surface area (Å²) < 4.78 is 0. The van der Waals surface area contributed by atoms with Gasteiger partial charge in [0.2, 0.25) is 5.91 Å². The summed E-state index contributed by atoms with van der Waals surface area (Å²) in [7, 11) is 2.93. The molecule has 3 N–H and O–H groups in total. The van der Waals surface area contributed by atoms with Gasteiger partial charge >= 0.3 is 0 Å². The number of nitrogens with zero attached hydrogens (tertiary/aromatic N) is 1. The van der Waals surface area contributed by atoms with Crippen LogP contribution in [0.15, 0.2) is 18.2 Å². The average molecular weight is 280 g/mol. The zero-order chi connectivity index (χ0) is 15.3. The Morgan fingerprint density at radius 2 is 1.90 bits per heavy atom. The van der Waals surface area contributed by atoms with Gasteiger partial charge in [-0.1, -0.05) is 0 Å². The van der Waals surface area contributed by atoms with E-state index in [4.69, 9.17) is 0 Å². The third-order valence-corrected chi connectivity index (χ3v) is 2.69. The first-order valence-corrected chi connectivity index (χ1v) is 5.89. The number of carbonyl (C=O) groups excluding carboxylic acids is 2. The lowest BCUT2D eigenvalue weighted by Gasteiger charge is -2.14. The van der Waals surface area contributed by atoms with Gasteiger partial charge < -0.3 is 16.0 Å². The van der Waals surface area contributed by atoms with Crippen LogP contribution in [0.1, 0.15) is 17.3 Å². The first-order chi connectivity index (χ1) is 9.40. The molecule has 0 spiro atoms. The molecule has 0 fully saturated rings. The van der Waals surface area contributed by atoms with Crippen LogP contribution in [0.4, 0.5) is 11.4 Å². The highest BCUT2D eigenvalue weighted by molar-refractivity contribution is 5.96. The third kappa shape index (κ3) is 3.44. The average Bonchev–Trinajstić information content (AvgIpc) is 2.44. The van der Waals surface area contributed by atoms with Gasteiger partial charge in [-0.3, -0.25) is 19.7 Å². The maximum atomic E-state index is 11.5. The largest absolute Gasteiger partial charge is 0.368 e. The molecule has 8 heteroatoms. The van der Waals surface area contributed by atoms with Crippen molar-refractivity contribution in [1.82, 2.24) is 10.6 Å². The van der Waals surface area contributed by atoms with Gasteiger partial charge in [0, 0.05) is 25.7 Å². The molecular formula is C12H16N4O4. The van der Waals surface area contributed by atoms with Gasteiger partial charge in [0.1, 0.15) is 11.7 Å². The predicted octanol–water partition coefficient (Wildman–Crippen LogP) is 0.501. The van der Waals surface area contributed by atoms with Crippen molar-refractivity contribution in [2.24, 2.45) is 0 Å². The lowest BCUT2D eigenvalue weighted by atomic mass is 10.1. The van der Waals surface area contributed by atoms with Crippen LogP contribution in [0.5, 0.6) is 0 Å². The molecule has 1 aromatic carbocycles. The van der Waals surface area contributed by atoms with Crippen LogP contribution >= 0.6 is 0 Å². The summed E-state index contributed by atoms with van der Waals surface area (Å²) >= 11 is 0. The second-order valence-corrected chi connectivity index (χ2v) is 4.05. The van der Waals surface area contributed by atoms with E-state index in [1.165, 1.54) is 32.3 Å². The van der Waals surface area contributed by atoms with Crippen LogP contribution in [-0.4, -0.2) is 36.9 Å². The molecule has 0 bridgehead atoms. The predicted molar refractivity (Wildman–Crippen MR) is 73.6 cm³/mol. The lowest BCUT2D eigenvalue weighted by molar-refractivity contribution is -0.384. The number of nitro benzene ring substituents is 1. The van der Waals surface area contributed by atoms with Crippen molar-refractivity contribution in [2.45, 2.75) is 13.0 Å². The normalized spacial score (nSPS) is 11.3. The van der Waals surface area contributed by atoms with E-state index >= 15 is 0 Å². The van der Waals surface area contributed by atoms with Crippen LogP contribution in [0.25, 0.3) is 0 Å². The molecule has 8 nitrogen and oxygen atoms in total. The zero-order valence-corrected chi connectivity index (χ0v) is 11.4. The van der Waals surface area contributed by atoms with Gasteiger partial charge in [-0.15, -0.1) is 0 Å². The Labute approximate surface area is 115 Å². The number of likely N-dealkylation sites (N-methyl/N-ethyl adjacent to an activating group) is 1. The Kier molecular flexibility index (Phi) is 5.01. The zero-order valence-electron chi connectivity index (χ0n) is 11.4. The molecule has 20 heavy (non-hydrogen) atoms. The Bertz CT molecular complexity index is 544. The molecule has 0 saturated carbocycles. The standard InChI is InChI=1S/C12H16N4O4/c1-7(11(17)13-2)15-9-6-8(12(18)14-3)4-5-10(9)16(19)20/h4-7,15H,1-3H3,(H,13,17)(H,14,18). The number of rotatable bonds is 5. The highest BCUT2D eigenvalue weighted by Gasteiger charge is 2.20. The smallest absolute Gasteiger partial charge is 0.292 e. The van der Waals surface area contributed by atoms with Crippen molar-refractivity contribution < 1.29 is 14.5 Å². The fourth-order valence-corrected chi connectivity index (χ4v) is 1.61. The first-order valence-electron chi connectivity index (χ1n) is 5.89. The van der Waals surface area contributed by atoms with Crippen LogP contribution in [-0.2, 0) is 4.79 Å². The van der Waals surface area contributed by atoms with Crippen LogP contribution in [0, 0.1) is 10.1 Å². The number of anilines is 1. The number of hydrogen-bond donors (Lipinski definition) is 3. The molecule has 108 valence electrons. The number of nitrogens with one attached hydrogen (secondary N) is 3. The fraction of sp³-hybridized carbons (Fsp3) is 0.333. The molecule has 0 aromatic heterocycles. The third-order valence-electron chi connectivity index (χ3n) is 2.69. The Morgan fingerprint density at radius 3 is 2.40 bits per heavy atom. The number of hydrogen-bond acceptors (Lipinski definition) is 5. The molecular weight excluding hydrogens is 264 g/mol. The second kappa shape index (κ2) is 6.50. The van der Waals surface area contributed by atoms with Crippen molar-refractivity contribution in [2.75, 3.05) is 19.4 Å². The monoisotopic (exact) mass is 280 g/mol. The van der Waals surface area contributed by atoms with Crippen molar-refractivity contribution in [3.05, 3.63) is 33.9 Å². The molecule has 1 atom stereocenters. The molecule has 0 aliphatic rings. The summed E-state index contributed by atoms with van der Waals surface area (Å²) in [6, 6.07) is 3.26. The van der Waals surface area contributed by atoms with Crippen molar-refractivity contribution in [1.29, 1.82) is 0 Å². The maximum absolute atomic E-state index is 11.5. The van der Waals surface area contributed by atoms with Gasteiger partial charge in [-0.05, 0) is 19.1 Å². The topological polar surface area (TPSA) is 113 Å². The summed E-state index contributed by atoms with van der Waals surface area (Å²) in [4.78, 5) is 33.4. The molecule has 0 heterocycles. The first kappa shape index (κ1) is 15.4. The van der Waals surface area contributed by atoms with E-state index in [2.05, 4.69) is 16.0 Å². The highest BCUT2D eigenvalue weighted by atomic mass is 16.6. The molecule has 1 rings (SSSR count). The number of amides is 2. The summed E-state index contributed by atoms with van der Waals surface area (Å²) in [5, 5.41) is 18.5. The van der Waals surface area contributed by atoms with Crippen molar-refractivity contribution >= 4 is 23.2 Å². The van der Waals surface area contributed by atoms with E-state index in [-0.39, 0.29) is 28.8 Å². The molecule has 0 aliphatic carbocycles. The molecule has 0 saturated heterocycles. The molecule has 0 radical (unpaired) electrons. The number of nitro groups is 1. The number of benzene rings is 1. The summed E-state index contributed by atoms with van der Waals surface area (Å²) in [5.74, 6) is -0.680. The minimum atomic E-state index is -0.668. The molecule has 2 amide bonds. The fourth-order valence-electron chi connectivity index (χ4n) is 1.61. The summed E-state index contributed by atoms with van der Waals surface area (Å²) in [5.41, 5.74) is 0.185. The van der Waals surface area contributed by atoms with Crippen LogP contribution in [0.3, 0.4) is 0 Å². The Balaban J connectivity index is 3.15. The summed E-state index contributed by atoms with van der Waals surface area (Å²) in [6.07, 6.45) is 0. The molecule has 1 aromatic rings. The maximum Gasteiger partial charge on any atom is 0.292 e. The van der Waals surface area contributed by atoms with Gasteiger partial charge in [0.15, 0.2) is 0 Å². The van der Waals surface area contributed by atoms with Gasteiger partial charge in [-0.25, -0.2) is 0 Å². The van der Waals surface area contributed by atoms with Gasteiger partial charge in [0.25, 0.3) is 11.6 Å².